The van der Waals surface area contributed by atoms with E-state index in [2.05, 4.69) is 29.6 Å². The molecule has 1 fully saturated rings. The maximum Gasteiger partial charge on any atom is 0.220 e. The van der Waals surface area contributed by atoms with E-state index in [4.69, 9.17) is 5.73 Å². The lowest BCUT2D eigenvalue weighted by Crippen LogP contribution is -2.39. The smallest absolute Gasteiger partial charge is 0.220 e. The molecule has 1 aromatic carbocycles. The lowest BCUT2D eigenvalue weighted by molar-refractivity contribution is -0.123. The Labute approximate surface area is 145 Å². The zero-order valence-electron chi connectivity index (χ0n) is 13.9. The van der Waals surface area contributed by atoms with Gasteiger partial charge in [0.1, 0.15) is 0 Å². The number of hydrogen-bond acceptors (Lipinski definition) is 2. The van der Waals surface area contributed by atoms with Crippen molar-refractivity contribution >= 4 is 18.3 Å². The zero-order chi connectivity index (χ0) is 15.4. The summed E-state index contributed by atoms with van der Waals surface area (Å²) in [7, 11) is 0. The molecule has 0 aliphatic heterocycles. The fraction of sp³-hybridized carbons (Fsp3) is 0.632. The second kappa shape index (κ2) is 8.16. The van der Waals surface area contributed by atoms with Crippen molar-refractivity contribution < 1.29 is 4.79 Å². The van der Waals surface area contributed by atoms with Crippen LogP contribution in [0.15, 0.2) is 24.3 Å². The highest BCUT2D eigenvalue weighted by molar-refractivity contribution is 5.85. The summed E-state index contributed by atoms with van der Waals surface area (Å²) in [5.74, 6) is 0.678. The molecular weight excluding hydrogens is 308 g/mol. The van der Waals surface area contributed by atoms with Crippen LogP contribution >= 0.6 is 12.4 Å². The second-order valence-electron chi connectivity index (χ2n) is 7.18. The van der Waals surface area contributed by atoms with E-state index in [0.29, 0.717) is 18.9 Å². The highest BCUT2D eigenvalue weighted by Gasteiger charge is 2.33. The normalized spacial score (nSPS) is 22.0. The molecule has 2 aliphatic rings. The minimum Gasteiger partial charge on any atom is -0.355 e. The first kappa shape index (κ1) is 18.3. The fourth-order valence-corrected chi connectivity index (χ4v) is 4.25. The zero-order valence-corrected chi connectivity index (χ0v) is 14.7. The van der Waals surface area contributed by atoms with Gasteiger partial charge < -0.3 is 11.1 Å². The monoisotopic (exact) mass is 336 g/mol. The topological polar surface area (TPSA) is 55.1 Å². The predicted molar refractivity (Wildman–Crippen MR) is 97.0 cm³/mol. The molecule has 0 saturated heterocycles. The first-order valence-corrected chi connectivity index (χ1v) is 8.77. The van der Waals surface area contributed by atoms with Crippen molar-refractivity contribution in [2.45, 2.75) is 57.3 Å². The van der Waals surface area contributed by atoms with Crippen molar-refractivity contribution in [1.29, 1.82) is 0 Å². The van der Waals surface area contributed by atoms with Crippen LogP contribution in [0, 0.1) is 5.41 Å². The van der Waals surface area contributed by atoms with Gasteiger partial charge in [-0.05, 0) is 48.8 Å². The van der Waals surface area contributed by atoms with Crippen LogP contribution in [0.1, 0.15) is 62.0 Å². The van der Waals surface area contributed by atoms with Crippen LogP contribution in [-0.2, 0) is 11.2 Å². The number of rotatable bonds is 5. The third kappa shape index (κ3) is 4.27. The van der Waals surface area contributed by atoms with Crippen LogP contribution in [-0.4, -0.2) is 19.0 Å². The summed E-state index contributed by atoms with van der Waals surface area (Å²) in [4.78, 5) is 12.4. The Balaban J connectivity index is 0.00000192. The lowest BCUT2D eigenvalue weighted by Gasteiger charge is -2.35. The molecule has 2 aliphatic carbocycles. The molecule has 1 amide bonds. The van der Waals surface area contributed by atoms with E-state index in [9.17, 15) is 4.79 Å². The van der Waals surface area contributed by atoms with Crippen LogP contribution in [0.5, 0.6) is 0 Å². The van der Waals surface area contributed by atoms with Gasteiger partial charge in [0.05, 0.1) is 0 Å². The van der Waals surface area contributed by atoms with Gasteiger partial charge in [0, 0.05) is 18.9 Å². The van der Waals surface area contributed by atoms with E-state index < -0.39 is 0 Å². The molecule has 1 saturated carbocycles. The summed E-state index contributed by atoms with van der Waals surface area (Å²) in [6, 6.07) is 8.63. The van der Waals surface area contributed by atoms with Crippen LogP contribution in [0.4, 0.5) is 0 Å². The minimum atomic E-state index is 0. The quantitative estimate of drug-likeness (QED) is 0.863. The Bertz CT molecular complexity index is 526. The van der Waals surface area contributed by atoms with Gasteiger partial charge in [0.15, 0.2) is 0 Å². The van der Waals surface area contributed by atoms with Crippen molar-refractivity contribution in [2.75, 3.05) is 13.1 Å². The van der Waals surface area contributed by atoms with E-state index in [-0.39, 0.29) is 23.7 Å². The average molecular weight is 337 g/mol. The summed E-state index contributed by atoms with van der Waals surface area (Å²) in [6.07, 6.45) is 8.87. The summed E-state index contributed by atoms with van der Waals surface area (Å²) in [6.45, 7) is 1.42. The Kier molecular flexibility index (Phi) is 6.49. The van der Waals surface area contributed by atoms with Gasteiger partial charge in [-0.3, -0.25) is 4.79 Å². The molecule has 1 atom stereocenters. The third-order valence-electron chi connectivity index (χ3n) is 5.69. The van der Waals surface area contributed by atoms with Gasteiger partial charge >= 0.3 is 0 Å². The summed E-state index contributed by atoms with van der Waals surface area (Å²) in [5, 5.41) is 3.18. The fourth-order valence-electron chi connectivity index (χ4n) is 4.25. The molecule has 0 bridgehead atoms. The van der Waals surface area contributed by atoms with Gasteiger partial charge in [0.2, 0.25) is 5.91 Å². The van der Waals surface area contributed by atoms with E-state index in [1.54, 1.807) is 0 Å². The molecule has 23 heavy (non-hydrogen) atoms. The molecule has 4 heteroatoms. The number of nitrogens with two attached hydrogens (primary N) is 1. The molecule has 1 aromatic rings. The molecule has 3 N–H and O–H groups in total. The number of nitrogens with one attached hydrogen (secondary N) is 1. The standard InChI is InChI=1S/C19H28N2O.ClH/c20-14-19(10-4-1-5-11-19)12-18(22)21-13-16-9-8-15-6-2-3-7-17(15)16;/h2-3,6-7,16H,1,4-5,8-14,20H2,(H,21,22);1H. The average Bonchev–Trinajstić information content (AvgIpc) is 2.97. The SMILES string of the molecule is Cl.NCC1(CC(=O)NCC2CCc3ccccc32)CCCCC1. The number of amides is 1. The van der Waals surface area contributed by atoms with Gasteiger partial charge in [0.25, 0.3) is 0 Å². The Hall–Kier alpha value is -1.06. The number of carbonyl (C=O) groups is 1. The number of halogens is 1. The molecule has 0 aromatic heterocycles. The van der Waals surface area contributed by atoms with Gasteiger partial charge in [-0.15, -0.1) is 12.4 Å². The predicted octanol–water partition coefficient (Wildman–Crippen LogP) is 3.55. The van der Waals surface area contributed by atoms with Crippen LogP contribution < -0.4 is 11.1 Å². The van der Waals surface area contributed by atoms with Crippen molar-refractivity contribution in [1.82, 2.24) is 5.32 Å². The molecular formula is C19H29ClN2O. The highest BCUT2D eigenvalue weighted by Crippen LogP contribution is 2.38. The first-order valence-electron chi connectivity index (χ1n) is 8.77. The number of hydrogen-bond donors (Lipinski definition) is 2. The summed E-state index contributed by atoms with van der Waals surface area (Å²) in [5.41, 5.74) is 8.93. The molecule has 0 spiro atoms. The number of fused-ring (bicyclic) bond motifs is 1. The number of aryl methyl sites for hydroxylation is 1. The Morgan fingerprint density at radius 1 is 1.22 bits per heavy atom. The van der Waals surface area contributed by atoms with E-state index in [0.717, 1.165) is 32.2 Å². The van der Waals surface area contributed by atoms with Crippen LogP contribution in [0.3, 0.4) is 0 Å². The van der Waals surface area contributed by atoms with Crippen LogP contribution in [0.2, 0.25) is 0 Å². The molecule has 3 rings (SSSR count). The highest BCUT2D eigenvalue weighted by atomic mass is 35.5. The lowest BCUT2D eigenvalue weighted by atomic mass is 9.71. The second-order valence-corrected chi connectivity index (χ2v) is 7.18. The third-order valence-corrected chi connectivity index (χ3v) is 5.69. The molecule has 1 unspecified atom stereocenters. The first-order chi connectivity index (χ1) is 10.7. The summed E-state index contributed by atoms with van der Waals surface area (Å²) < 4.78 is 0. The van der Waals surface area contributed by atoms with E-state index in [1.165, 1.54) is 30.4 Å². The van der Waals surface area contributed by atoms with Gasteiger partial charge in [-0.1, -0.05) is 43.5 Å². The van der Waals surface area contributed by atoms with Crippen LogP contribution in [0.25, 0.3) is 0 Å². The van der Waals surface area contributed by atoms with E-state index in [1.807, 2.05) is 0 Å². The Morgan fingerprint density at radius 3 is 2.70 bits per heavy atom. The van der Waals surface area contributed by atoms with Crippen molar-refractivity contribution in [2.24, 2.45) is 11.1 Å². The largest absolute Gasteiger partial charge is 0.355 e. The van der Waals surface area contributed by atoms with Gasteiger partial charge in [-0.2, -0.15) is 0 Å². The Morgan fingerprint density at radius 2 is 1.96 bits per heavy atom. The molecule has 3 nitrogen and oxygen atoms in total. The van der Waals surface area contributed by atoms with Gasteiger partial charge in [-0.25, -0.2) is 0 Å². The number of carbonyl (C=O) groups excluding carboxylic acids is 1. The maximum absolute atomic E-state index is 12.4. The number of benzene rings is 1. The van der Waals surface area contributed by atoms with Crippen molar-refractivity contribution in [3.63, 3.8) is 0 Å². The summed E-state index contributed by atoms with van der Waals surface area (Å²) >= 11 is 0. The van der Waals surface area contributed by atoms with E-state index >= 15 is 0 Å². The molecule has 0 radical (unpaired) electrons. The minimum absolute atomic E-state index is 0. The molecule has 128 valence electrons. The van der Waals surface area contributed by atoms with Crippen molar-refractivity contribution in [3.8, 4) is 0 Å². The maximum atomic E-state index is 12.4. The molecule has 0 heterocycles. The van der Waals surface area contributed by atoms with Crippen molar-refractivity contribution in [3.05, 3.63) is 35.4 Å².